The average Bonchev–Trinajstić information content (AvgIpc) is 2.42. The molecule has 1 aromatic rings. The lowest BCUT2D eigenvalue weighted by molar-refractivity contribution is -0.138. The fourth-order valence-electron chi connectivity index (χ4n) is 1.96. The Morgan fingerprint density at radius 1 is 1.45 bits per heavy atom. The van der Waals surface area contributed by atoms with E-state index in [1.165, 1.54) is 18.1 Å². The summed E-state index contributed by atoms with van der Waals surface area (Å²) in [5.74, 6) is -1.15. The van der Waals surface area contributed by atoms with Crippen LogP contribution in [-0.4, -0.2) is 42.3 Å². The van der Waals surface area contributed by atoms with Gasteiger partial charge in [-0.25, -0.2) is 0 Å². The van der Waals surface area contributed by atoms with Crippen LogP contribution in [0.25, 0.3) is 0 Å². The number of piperazine rings is 1. The highest BCUT2D eigenvalue weighted by atomic mass is 35.5. The first-order chi connectivity index (χ1) is 9.43. The summed E-state index contributed by atoms with van der Waals surface area (Å²) in [6.45, 7) is 1.37. The largest absolute Gasteiger partial charge is 0.496 e. The second-order valence-electron chi connectivity index (χ2n) is 4.37. The quantitative estimate of drug-likeness (QED) is 0.821. The van der Waals surface area contributed by atoms with Crippen LogP contribution in [0.1, 0.15) is 17.3 Å². The standard InChI is InChI=1S/C13H13ClN2O4/c1-7-12(18)15-11(17)6-16(7)13(19)9-5-8(14)3-4-10(9)20-2/h3-5,7H,6H2,1-2H3,(H,15,17,18). The minimum absolute atomic E-state index is 0.179. The fourth-order valence-corrected chi connectivity index (χ4v) is 2.14. The molecule has 0 radical (unpaired) electrons. The van der Waals surface area contributed by atoms with Gasteiger partial charge in [0.25, 0.3) is 5.91 Å². The number of nitrogens with zero attached hydrogens (tertiary/aromatic N) is 1. The van der Waals surface area contributed by atoms with E-state index in [2.05, 4.69) is 5.32 Å². The van der Waals surface area contributed by atoms with E-state index in [-0.39, 0.29) is 12.1 Å². The maximum absolute atomic E-state index is 12.5. The van der Waals surface area contributed by atoms with Gasteiger partial charge in [0, 0.05) is 5.02 Å². The van der Waals surface area contributed by atoms with Gasteiger partial charge < -0.3 is 9.64 Å². The first kappa shape index (κ1) is 14.3. The minimum atomic E-state index is -0.733. The number of ether oxygens (including phenoxy) is 1. The van der Waals surface area contributed by atoms with Crippen molar-refractivity contribution >= 4 is 29.3 Å². The van der Waals surface area contributed by atoms with Crippen molar-refractivity contribution in [1.29, 1.82) is 0 Å². The molecule has 2 rings (SSSR count). The molecule has 20 heavy (non-hydrogen) atoms. The Bertz CT molecular complexity index is 588. The summed E-state index contributed by atoms with van der Waals surface area (Å²) >= 11 is 5.88. The molecular formula is C13H13ClN2O4. The van der Waals surface area contributed by atoms with Gasteiger partial charge >= 0.3 is 0 Å². The molecule has 1 N–H and O–H groups in total. The zero-order valence-electron chi connectivity index (χ0n) is 11.0. The Balaban J connectivity index is 2.37. The first-order valence-corrected chi connectivity index (χ1v) is 6.30. The van der Waals surface area contributed by atoms with E-state index >= 15 is 0 Å². The van der Waals surface area contributed by atoms with Crippen molar-refractivity contribution in [2.75, 3.05) is 13.7 Å². The lowest BCUT2D eigenvalue weighted by Gasteiger charge is -2.32. The molecule has 1 aliphatic heterocycles. The average molecular weight is 297 g/mol. The number of hydrogen-bond donors (Lipinski definition) is 1. The Hall–Kier alpha value is -2.08. The second-order valence-corrected chi connectivity index (χ2v) is 4.80. The van der Waals surface area contributed by atoms with E-state index in [1.54, 1.807) is 19.1 Å². The summed E-state index contributed by atoms with van der Waals surface area (Å²) in [4.78, 5) is 36.7. The van der Waals surface area contributed by atoms with Crippen LogP contribution in [0, 0.1) is 0 Å². The van der Waals surface area contributed by atoms with E-state index in [0.29, 0.717) is 10.8 Å². The number of benzene rings is 1. The molecule has 106 valence electrons. The highest BCUT2D eigenvalue weighted by molar-refractivity contribution is 6.31. The summed E-state index contributed by atoms with van der Waals surface area (Å²) < 4.78 is 5.11. The van der Waals surface area contributed by atoms with E-state index in [9.17, 15) is 14.4 Å². The second kappa shape index (κ2) is 5.50. The first-order valence-electron chi connectivity index (χ1n) is 5.92. The molecule has 1 aromatic carbocycles. The van der Waals surface area contributed by atoms with Gasteiger partial charge in [0.15, 0.2) is 0 Å². The monoisotopic (exact) mass is 296 g/mol. The summed E-state index contributed by atoms with van der Waals surface area (Å²) in [5, 5.41) is 2.55. The number of amides is 3. The molecule has 1 unspecified atom stereocenters. The van der Waals surface area contributed by atoms with E-state index < -0.39 is 23.8 Å². The van der Waals surface area contributed by atoms with Crippen LogP contribution in [-0.2, 0) is 9.59 Å². The zero-order valence-corrected chi connectivity index (χ0v) is 11.7. The molecule has 1 atom stereocenters. The van der Waals surface area contributed by atoms with Crippen molar-refractivity contribution in [3.05, 3.63) is 28.8 Å². The number of halogens is 1. The highest BCUT2D eigenvalue weighted by Gasteiger charge is 2.35. The van der Waals surface area contributed by atoms with Crippen LogP contribution in [0.2, 0.25) is 5.02 Å². The maximum atomic E-state index is 12.5. The molecule has 0 aliphatic carbocycles. The van der Waals surface area contributed by atoms with Crippen molar-refractivity contribution in [3.8, 4) is 5.75 Å². The van der Waals surface area contributed by atoms with Crippen molar-refractivity contribution in [2.24, 2.45) is 0 Å². The number of carbonyl (C=O) groups is 3. The summed E-state index contributed by atoms with van der Waals surface area (Å²) in [7, 11) is 1.43. The van der Waals surface area contributed by atoms with Crippen LogP contribution >= 0.6 is 11.6 Å². The van der Waals surface area contributed by atoms with Crippen LogP contribution < -0.4 is 10.1 Å². The van der Waals surface area contributed by atoms with E-state index in [1.807, 2.05) is 0 Å². The molecule has 0 bridgehead atoms. The SMILES string of the molecule is COc1ccc(Cl)cc1C(=O)N1CC(=O)NC(=O)C1C. The van der Waals surface area contributed by atoms with Gasteiger partial charge in [0.05, 0.1) is 12.7 Å². The Morgan fingerprint density at radius 3 is 2.80 bits per heavy atom. The van der Waals surface area contributed by atoms with Crippen LogP contribution in [0.5, 0.6) is 5.75 Å². The molecule has 7 heteroatoms. The maximum Gasteiger partial charge on any atom is 0.258 e. The lowest BCUT2D eigenvalue weighted by atomic mass is 10.1. The Kier molecular flexibility index (Phi) is 3.94. The normalized spacial score (nSPS) is 18.8. The van der Waals surface area contributed by atoms with Gasteiger partial charge in [0.1, 0.15) is 18.3 Å². The molecule has 1 aliphatic rings. The number of nitrogens with one attached hydrogen (secondary N) is 1. The van der Waals surface area contributed by atoms with Crippen molar-refractivity contribution in [2.45, 2.75) is 13.0 Å². The highest BCUT2D eigenvalue weighted by Crippen LogP contribution is 2.25. The number of rotatable bonds is 2. The zero-order chi connectivity index (χ0) is 14.9. The summed E-state index contributed by atoms with van der Waals surface area (Å²) in [5.41, 5.74) is 0.217. The Labute approximate surface area is 120 Å². The van der Waals surface area contributed by atoms with E-state index in [4.69, 9.17) is 16.3 Å². The molecule has 3 amide bonds. The van der Waals surface area contributed by atoms with E-state index in [0.717, 1.165) is 0 Å². The van der Waals surface area contributed by atoms with Crippen molar-refractivity contribution in [3.63, 3.8) is 0 Å². The van der Waals surface area contributed by atoms with Gasteiger partial charge in [-0.05, 0) is 25.1 Å². The predicted molar refractivity (Wildman–Crippen MR) is 71.7 cm³/mol. The smallest absolute Gasteiger partial charge is 0.258 e. The molecule has 0 spiro atoms. The van der Waals surface area contributed by atoms with Gasteiger partial charge in [-0.1, -0.05) is 11.6 Å². The molecule has 1 saturated heterocycles. The Morgan fingerprint density at radius 2 is 2.15 bits per heavy atom. The molecule has 0 aromatic heterocycles. The molecule has 1 fully saturated rings. The van der Waals surface area contributed by atoms with Crippen molar-refractivity contribution < 1.29 is 19.1 Å². The third-order valence-corrected chi connectivity index (χ3v) is 3.31. The third-order valence-electron chi connectivity index (χ3n) is 3.08. The van der Waals surface area contributed by atoms with Crippen LogP contribution in [0.4, 0.5) is 0 Å². The molecular weight excluding hydrogens is 284 g/mol. The molecule has 1 heterocycles. The van der Waals surface area contributed by atoms with Gasteiger partial charge in [-0.2, -0.15) is 0 Å². The lowest BCUT2D eigenvalue weighted by Crippen LogP contribution is -2.58. The predicted octanol–water partition coefficient (Wildman–Crippen LogP) is 0.836. The molecule has 6 nitrogen and oxygen atoms in total. The summed E-state index contributed by atoms with van der Waals surface area (Å²) in [6, 6.07) is 3.87. The fraction of sp³-hybridized carbons (Fsp3) is 0.308. The molecule has 0 saturated carbocycles. The number of carbonyl (C=O) groups excluding carboxylic acids is 3. The topological polar surface area (TPSA) is 75.7 Å². The number of methoxy groups -OCH3 is 1. The van der Waals surface area contributed by atoms with Gasteiger partial charge in [-0.3, -0.25) is 19.7 Å². The minimum Gasteiger partial charge on any atom is -0.496 e. The number of imide groups is 1. The number of hydrogen-bond acceptors (Lipinski definition) is 4. The third kappa shape index (κ3) is 2.60. The van der Waals surface area contributed by atoms with Gasteiger partial charge in [0.2, 0.25) is 11.8 Å². The van der Waals surface area contributed by atoms with Crippen LogP contribution in [0.15, 0.2) is 18.2 Å². The van der Waals surface area contributed by atoms with Gasteiger partial charge in [-0.15, -0.1) is 0 Å². The van der Waals surface area contributed by atoms with Crippen LogP contribution in [0.3, 0.4) is 0 Å². The van der Waals surface area contributed by atoms with Crippen molar-refractivity contribution in [1.82, 2.24) is 10.2 Å². The summed E-state index contributed by atoms with van der Waals surface area (Å²) in [6.07, 6.45) is 0.